The molecule has 7 rings (SSSR count). The molecule has 10 heteroatoms. The molecule has 3 aromatic rings. The molecule has 2 aliphatic carbocycles. The Morgan fingerprint density at radius 3 is 2.29 bits per heavy atom. The molecule has 42 heavy (non-hydrogen) atoms. The normalized spacial score (nSPS) is 32.2. The number of allylic oxidation sites excluding steroid dienone is 2. The minimum Gasteiger partial charge on any atom is -0.507 e. The van der Waals surface area contributed by atoms with Crippen LogP contribution >= 0.6 is 23.2 Å². The first kappa shape index (κ1) is 27.1. The summed E-state index contributed by atoms with van der Waals surface area (Å²) < 4.78 is 13.8. The van der Waals surface area contributed by atoms with Gasteiger partial charge in [0, 0.05) is 17.8 Å². The van der Waals surface area contributed by atoms with E-state index in [9.17, 15) is 28.7 Å². The van der Waals surface area contributed by atoms with Crippen LogP contribution in [0.15, 0.2) is 72.3 Å². The van der Waals surface area contributed by atoms with Gasteiger partial charge >= 0.3 is 0 Å². The van der Waals surface area contributed by atoms with Gasteiger partial charge < -0.3 is 5.11 Å². The molecule has 1 saturated carbocycles. The lowest BCUT2D eigenvalue weighted by Gasteiger charge is -2.51. The smallest absolute Gasteiger partial charge is 0.258 e. The summed E-state index contributed by atoms with van der Waals surface area (Å²) in [5, 5.41) is 11.8. The second-order valence-electron chi connectivity index (χ2n) is 11.4. The van der Waals surface area contributed by atoms with Gasteiger partial charge in [0.05, 0.1) is 17.5 Å². The number of aromatic hydroxyl groups is 1. The number of amides is 4. The summed E-state index contributed by atoms with van der Waals surface area (Å²) in [7, 11) is 0. The Hall–Kier alpha value is -3.75. The molecule has 1 N–H and O–H groups in total. The van der Waals surface area contributed by atoms with Gasteiger partial charge in [0.1, 0.15) is 11.6 Å². The predicted octanol–water partition coefficient (Wildman–Crippen LogP) is 5.27. The molecule has 6 unspecified atom stereocenters. The minimum absolute atomic E-state index is 0.0251. The SMILES string of the molecule is CCN1C(=O)C2CC=C3C(CC4(Cl)C(=O)N(c5ccc(F)cc5)C(=O)C4(Cl)C3c3ccc(O)c4ccccc34)C2C1=O. The fraction of sp³-hybridized carbons (Fsp3) is 0.312. The van der Waals surface area contributed by atoms with Crippen molar-refractivity contribution in [2.24, 2.45) is 17.8 Å². The highest BCUT2D eigenvalue weighted by molar-refractivity contribution is 6.58. The zero-order chi connectivity index (χ0) is 29.7. The van der Waals surface area contributed by atoms with Crippen LogP contribution in [0.2, 0.25) is 0 Å². The van der Waals surface area contributed by atoms with Gasteiger partial charge in [-0.05, 0) is 67.0 Å². The number of carbonyl (C=O) groups is 4. The van der Waals surface area contributed by atoms with Gasteiger partial charge in [-0.25, -0.2) is 9.29 Å². The average molecular weight is 607 g/mol. The van der Waals surface area contributed by atoms with E-state index >= 15 is 0 Å². The molecule has 4 amide bonds. The number of hydrogen-bond donors (Lipinski definition) is 1. The molecule has 2 heterocycles. The summed E-state index contributed by atoms with van der Waals surface area (Å²) in [5.41, 5.74) is 1.35. The molecule has 4 aliphatic rings. The average Bonchev–Trinajstić information content (AvgIpc) is 3.32. The molecule has 7 nitrogen and oxygen atoms in total. The molecule has 0 radical (unpaired) electrons. The van der Waals surface area contributed by atoms with Crippen molar-refractivity contribution in [3.8, 4) is 5.75 Å². The molecule has 0 spiro atoms. The van der Waals surface area contributed by atoms with Crippen LogP contribution in [0.4, 0.5) is 10.1 Å². The molecule has 6 atom stereocenters. The fourth-order valence-corrected chi connectivity index (χ4v) is 8.61. The third-order valence-electron chi connectivity index (χ3n) is 9.55. The Balaban J connectivity index is 1.49. The van der Waals surface area contributed by atoms with Crippen molar-refractivity contribution in [3.05, 3.63) is 83.7 Å². The van der Waals surface area contributed by atoms with Gasteiger partial charge in [-0.3, -0.25) is 24.1 Å². The van der Waals surface area contributed by atoms with Crippen LogP contribution in [0.3, 0.4) is 0 Å². The van der Waals surface area contributed by atoms with E-state index in [0.29, 0.717) is 21.9 Å². The van der Waals surface area contributed by atoms with Crippen molar-refractivity contribution in [1.29, 1.82) is 0 Å². The van der Waals surface area contributed by atoms with E-state index in [1.807, 2.05) is 6.08 Å². The highest BCUT2D eigenvalue weighted by atomic mass is 35.5. The quantitative estimate of drug-likeness (QED) is 0.249. The lowest BCUT2D eigenvalue weighted by Crippen LogP contribution is -2.60. The van der Waals surface area contributed by atoms with E-state index in [1.54, 1.807) is 37.3 Å². The summed E-state index contributed by atoms with van der Waals surface area (Å²) in [4.78, 5) is 53.7. The van der Waals surface area contributed by atoms with Crippen LogP contribution in [0, 0.1) is 23.6 Å². The Morgan fingerprint density at radius 2 is 1.60 bits per heavy atom. The van der Waals surface area contributed by atoms with Crippen molar-refractivity contribution >= 4 is 63.3 Å². The summed E-state index contributed by atoms with van der Waals surface area (Å²) in [6.07, 6.45) is 2.01. The zero-order valence-electron chi connectivity index (χ0n) is 22.4. The maximum atomic E-state index is 14.5. The first-order valence-electron chi connectivity index (χ1n) is 13.8. The largest absolute Gasteiger partial charge is 0.507 e. The van der Waals surface area contributed by atoms with Crippen LogP contribution < -0.4 is 4.90 Å². The third kappa shape index (κ3) is 3.28. The predicted molar refractivity (Wildman–Crippen MR) is 155 cm³/mol. The number of phenolic OH excluding ortho intramolecular Hbond substituents is 1. The molecular weight excluding hydrogens is 582 g/mol. The second-order valence-corrected chi connectivity index (χ2v) is 12.6. The highest BCUT2D eigenvalue weighted by Gasteiger charge is 2.76. The van der Waals surface area contributed by atoms with Crippen molar-refractivity contribution in [2.75, 3.05) is 11.4 Å². The third-order valence-corrected chi connectivity index (χ3v) is 11.0. The number of nitrogens with zero attached hydrogens (tertiary/aromatic N) is 2. The highest BCUT2D eigenvalue weighted by Crippen LogP contribution is 2.66. The van der Waals surface area contributed by atoms with Gasteiger partial charge in [-0.1, -0.05) is 42.0 Å². The van der Waals surface area contributed by atoms with E-state index in [1.165, 1.54) is 23.1 Å². The number of likely N-dealkylation sites (tertiary alicyclic amines) is 1. The molecule has 3 aromatic carbocycles. The van der Waals surface area contributed by atoms with Crippen LogP contribution in [0.5, 0.6) is 5.75 Å². The van der Waals surface area contributed by atoms with Crippen LogP contribution in [0.25, 0.3) is 10.8 Å². The topological polar surface area (TPSA) is 95.0 Å². The first-order chi connectivity index (χ1) is 20.0. The zero-order valence-corrected chi connectivity index (χ0v) is 23.9. The monoisotopic (exact) mass is 606 g/mol. The number of halogens is 3. The number of hydrogen-bond acceptors (Lipinski definition) is 5. The fourth-order valence-electron chi connectivity index (χ4n) is 7.68. The Morgan fingerprint density at radius 1 is 0.905 bits per heavy atom. The second kappa shape index (κ2) is 9.12. The van der Waals surface area contributed by atoms with Crippen molar-refractivity contribution in [1.82, 2.24) is 4.90 Å². The van der Waals surface area contributed by atoms with Crippen LogP contribution in [-0.4, -0.2) is 49.9 Å². The van der Waals surface area contributed by atoms with Gasteiger partial charge in [-0.15, -0.1) is 23.2 Å². The molecule has 2 aliphatic heterocycles. The van der Waals surface area contributed by atoms with Crippen molar-refractivity contribution in [2.45, 2.75) is 35.4 Å². The van der Waals surface area contributed by atoms with E-state index in [2.05, 4.69) is 0 Å². The van der Waals surface area contributed by atoms with Gasteiger partial charge in [-0.2, -0.15) is 0 Å². The number of anilines is 1. The van der Waals surface area contributed by atoms with Gasteiger partial charge in [0.2, 0.25) is 11.8 Å². The van der Waals surface area contributed by atoms with Crippen molar-refractivity contribution in [3.63, 3.8) is 0 Å². The van der Waals surface area contributed by atoms with Crippen molar-refractivity contribution < 1.29 is 28.7 Å². The Kier molecular flexibility index (Phi) is 5.89. The summed E-state index contributed by atoms with van der Waals surface area (Å²) in [6, 6.07) is 15.2. The molecule has 0 bridgehead atoms. The number of carbonyl (C=O) groups excluding carboxylic acids is 4. The van der Waals surface area contributed by atoms with E-state index in [-0.39, 0.29) is 42.6 Å². The molecular formula is C32H25Cl2FN2O5. The molecule has 3 fully saturated rings. The maximum absolute atomic E-state index is 14.5. The molecule has 2 saturated heterocycles. The summed E-state index contributed by atoms with van der Waals surface area (Å²) in [6.45, 7) is 1.96. The first-order valence-corrected chi connectivity index (χ1v) is 14.6. The van der Waals surface area contributed by atoms with E-state index < -0.39 is 51.1 Å². The number of imide groups is 2. The van der Waals surface area contributed by atoms with Gasteiger partial charge in [0.25, 0.3) is 11.8 Å². The number of phenols is 1. The number of rotatable bonds is 3. The number of alkyl halides is 2. The summed E-state index contributed by atoms with van der Waals surface area (Å²) >= 11 is 14.8. The lowest BCUT2D eigenvalue weighted by molar-refractivity contribution is -0.140. The molecule has 0 aromatic heterocycles. The Bertz CT molecular complexity index is 1760. The Labute approximate surface area is 250 Å². The number of benzene rings is 3. The maximum Gasteiger partial charge on any atom is 0.258 e. The van der Waals surface area contributed by atoms with E-state index in [0.717, 1.165) is 17.0 Å². The van der Waals surface area contributed by atoms with E-state index in [4.69, 9.17) is 23.2 Å². The summed E-state index contributed by atoms with van der Waals surface area (Å²) in [5.74, 6) is -5.64. The standard InChI is InChI=1S/C32H25Cl2FN2O5/c1-2-36-27(39)22-12-11-21-23(25(22)28(36)40)15-31(33)29(41)37(17-9-7-16(35)8-10-17)30(42)32(31,34)26(21)20-13-14-24(38)19-6-4-3-5-18(19)20/h3-11,13-14,22-23,25-26,38H,2,12,15H2,1H3. The number of fused-ring (bicyclic) bond motifs is 5. The minimum atomic E-state index is -2.04. The lowest BCUT2D eigenvalue weighted by atomic mass is 9.56. The van der Waals surface area contributed by atoms with Crippen LogP contribution in [0.1, 0.15) is 31.2 Å². The molecule has 214 valence electrons. The van der Waals surface area contributed by atoms with Gasteiger partial charge in [0.15, 0.2) is 9.75 Å². The van der Waals surface area contributed by atoms with Crippen LogP contribution in [-0.2, 0) is 19.2 Å².